The van der Waals surface area contributed by atoms with Crippen LogP contribution in [0.2, 0.25) is 0 Å². The summed E-state index contributed by atoms with van der Waals surface area (Å²) < 4.78 is 13.1. The summed E-state index contributed by atoms with van der Waals surface area (Å²) in [6.45, 7) is 4.62. The molecule has 104 valence electrons. The molecule has 0 bridgehead atoms. The maximum atomic E-state index is 13.1. The highest BCUT2D eigenvalue weighted by molar-refractivity contribution is 5.80. The Morgan fingerprint density at radius 2 is 2.42 bits per heavy atom. The summed E-state index contributed by atoms with van der Waals surface area (Å²) in [7, 11) is 0. The number of halogens is 1. The number of aliphatic hydroxyl groups is 1. The van der Waals surface area contributed by atoms with Crippen LogP contribution in [-0.2, 0) is 6.54 Å². The summed E-state index contributed by atoms with van der Waals surface area (Å²) in [5.41, 5.74) is 0.843. The van der Waals surface area contributed by atoms with Crippen molar-refractivity contribution in [2.24, 2.45) is 4.99 Å². The van der Waals surface area contributed by atoms with E-state index in [-0.39, 0.29) is 11.9 Å². The zero-order valence-corrected chi connectivity index (χ0v) is 11.1. The molecule has 19 heavy (non-hydrogen) atoms. The molecule has 5 heteroatoms. The summed E-state index contributed by atoms with van der Waals surface area (Å²) in [5, 5.41) is 12.8. The van der Waals surface area contributed by atoms with Crippen molar-refractivity contribution in [3.05, 3.63) is 35.6 Å². The van der Waals surface area contributed by atoms with Crippen molar-refractivity contribution in [3.8, 4) is 0 Å². The molecule has 1 aliphatic heterocycles. The number of nitrogens with zero attached hydrogens (tertiary/aromatic N) is 2. The van der Waals surface area contributed by atoms with Gasteiger partial charge >= 0.3 is 0 Å². The zero-order valence-electron chi connectivity index (χ0n) is 11.1. The third-order valence-corrected chi connectivity index (χ3v) is 3.10. The molecule has 0 unspecified atom stereocenters. The minimum atomic E-state index is -0.280. The molecule has 0 amide bonds. The van der Waals surface area contributed by atoms with E-state index in [0.717, 1.165) is 31.0 Å². The van der Waals surface area contributed by atoms with Crippen molar-refractivity contribution < 1.29 is 9.50 Å². The topological polar surface area (TPSA) is 47.9 Å². The highest BCUT2D eigenvalue weighted by Crippen LogP contribution is 2.10. The van der Waals surface area contributed by atoms with Crippen molar-refractivity contribution >= 4 is 5.96 Å². The molecule has 0 aromatic heterocycles. The Morgan fingerprint density at radius 1 is 1.58 bits per heavy atom. The van der Waals surface area contributed by atoms with E-state index in [1.165, 1.54) is 12.1 Å². The van der Waals surface area contributed by atoms with Crippen molar-refractivity contribution in [3.63, 3.8) is 0 Å². The van der Waals surface area contributed by atoms with Gasteiger partial charge < -0.3 is 15.3 Å². The molecular formula is C14H20FN3O. The number of aliphatic imine (C=N–C) groups is 1. The van der Waals surface area contributed by atoms with Gasteiger partial charge in [-0.25, -0.2) is 9.38 Å². The van der Waals surface area contributed by atoms with Gasteiger partial charge in [0.25, 0.3) is 0 Å². The smallest absolute Gasteiger partial charge is 0.194 e. The van der Waals surface area contributed by atoms with Gasteiger partial charge in [0.2, 0.25) is 0 Å². The number of guanidine groups is 1. The van der Waals surface area contributed by atoms with Crippen LogP contribution in [0.3, 0.4) is 0 Å². The first-order valence-corrected chi connectivity index (χ1v) is 6.65. The minimum absolute atomic E-state index is 0.241. The van der Waals surface area contributed by atoms with Crippen molar-refractivity contribution in [2.75, 3.05) is 19.6 Å². The predicted octanol–water partition coefficient (Wildman–Crippen LogP) is 1.36. The first-order chi connectivity index (χ1) is 9.19. The first kappa shape index (κ1) is 13.8. The third kappa shape index (κ3) is 3.92. The fourth-order valence-corrected chi connectivity index (χ4v) is 2.16. The summed E-state index contributed by atoms with van der Waals surface area (Å²) in [6, 6.07) is 6.46. The Labute approximate surface area is 113 Å². The monoisotopic (exact) mass is 265 g/mol. The van der Waals surface area contributed by atoms with Gasteiger partial charge in [0.05, 0.1) is 12.6 Å². The van der Waals surface area contributed by atoms with Crippen LogP contribution in [-0.4, -0.2) is 41.7 Å². The van der Waals surface area contributed by atoms with Gasteiger partial charge in [-0.1, -0.05) is 12.1 Å². The van der Waals surface area contributed by atoms with E-state index < -0.39 is 0 Å². The summed E-state index contributed by atoms with van der Waals surface area (Å²) in [6.07, 6.45) is 0.489. The molecule has 1 heterocycles. The number of β-amino-alcohol motifs (C(OH)–C–C–N with tert-alkyl or cyclic N) is 1. The largest absolute Gasteiger partial charge is 0.391 e. The number of rotatable bonds is 3. The van der Waals surface area contributed by atoms with Crippen molar-refractivity contribution in [2.45, 2.75) is 26.0 Å². The molecular weight excluding hydrogens is 245 g/mol. The maximum Gasteiger partial charge on any atom is 0.194 e. The van der Waals surface area contributed by atoms with Crippen LogP contribution in [0.25, 0.3) is 0 Å². The summed E-state index contributed by atoms with van der Waals surface area (Å²) in [4.78, 5) is 6.53. The second-order valence-electron chi connectivity index (χ2n) is 4.69. The van der Waals surface area contributed by atoms with Gasteiger partial charge in [-0.3, -0.25) is 0 Å². The van der Waals surface area contributed by atoms with Gasteiger partial charge in [-0.15, -0.1) is 0 Å². The Morgan fingerprint density at radius 3 is 3.05 bits per heavy atom. The highest BCUT2D eigenvalue weighted by Gasteiger charge is 2.22. The molecule has 1 aromatic rings. The molecule has 2 N–H and O–H groups in total. The van der Waals surface area contributed by atoms with Crippen LogP contribution in [0.15, 0.2) is 29.3 Å². The van der Waals surface area contributed by atoms with Gasteiger partial charge in [0.1, 0.15) is 5.82 Å². The molecule has 0 spiro atoms. The lowest BCUT2D eigenvalue weighted by molar-refractivity contribution is 0.188. The SMILES string of the molecule is CCNC(=NCc1cccc(F)c1)N1CC[C@@H](O)C1. The molecule has 1 saturated heterocycles. The second kappa shape index (κ2) is 6.52. The van der Waals surface area contributed by atoms with Crippen LogP contribution in [0.5, 0.6) is 0 Å². The predicted molar refractivity (Wildman–Crippen MR) is 73.4 cm³/mol. The van der Waals surface area contributed by atoms with E-state index in [9.17, 15) is 9.50 Å². The fourth-order valence-electron chi connectivity index (χ4n) is 2.16. The molecule has 1 aromatic carbocycles. The molecule has 4 nitrogen and oxygen atoms in total. The summed E-state index contributed by atoms with van der Waals surface area (Å²) in [5.74, 6) is 0.539. The maximum absolute atomic E-state index is 13.1. The standard InChI is InChI=1S/C14H20FN3O/c1-2-16-14(18-7-6-13(19)10-18)17-9-11-4-3-5-12(15)8-11/h3-5,8,13,19H,2,6-7,9-10H2,1H3,(H,16,17)/t13-/m1/s1. The van der Waals surface area contributed by atoms with Gasteiger partial charge in [0.15, 0.2) is 5.96 Å². The fraction of sp³-hybridized carbons (Fsp3) is 0.500. The van der Waals surface area contributed by atoms with Gasteiger partial charge in [-0.2, -0.15) is 0 Å². The molecule has 0 saturated carbocycles. The number of nitrogens with one attached hydrogen (secondary N) is 1. The molecule has 2 rings (SSSR count). The number of hydrogen-bond acceptors (Lipinski definition) is 2. The van der Waals surface area contributed by atoms with E-state index in [4.69, 9.17) is 0 Å². The Hall–Kier alpha value is -1.62. The molecule has 1 fully saturated rings. The molecule has 0 aliphatic carbocycles. The van der Waals surface area contributed by atoms with Crippen molar-refractivity contribution in [1.29, 1.82) is 0 Å². The van der Waals surface area contributed by atoms with E-state index in [1.807, 2.05) is 17.9 Å². The quantitative estimate of drug-likeness (QED) is 0.641. The van der Waals surface area contributed by atoms with Gasteiger partial charge in [-0.05, 0) is 31.0 Å². The van der Waals surface area contributed by atoms with E-state index in [1.54, 1.807) is 6.07 Å². The number of hydrogen-bond donors (Lipinski definition) is 2. The average Bonchev–Trinajstić information content (AvgIpc) is 2.81. The van der Waals surface area contributed by atoms with Crippen LogP contribution < -0.4 is 5.32 Å². The van der Waals surface area contributed by atoms with Crippen molar-refractivity contribution in [1.82, 2.24) is 10.2 Å². The van der Waals surface area contributed by atoms with Crippen LogP contribution in [0.4, 0.5) is 4.39 Å². The highest BCUT2D eigenvalue weighted by atomic mass is 19.1. The Balaban J connectivity index is 2.04. The van der Waals surface area contributed by atoms with Crippen LogP contribution >= 0.6 is 0 Å². The normalized spacial score (nSPS) is 19.8. The molecule has 1 atom stereocenters. The van der Waals surface area contributed by atoms with E-state index >= 15 is 0 Å². The van der Waals surface area contributed by atoms with Gasteiger partial charge in [0, 0.05) is 19.6 Å². The lowest BCUT2D eigenvalue weighted by Gasteiger charge is -2.20. The Kier molecular flexibility index (Phi) is 4.74. The Bertz CT molecular complexity index is 450. The van der Waals surface area contributed by atoms with E-state index in [0.29, 0.717) is 13.1 Å². The second-order valence-corrected chi connectivity index (χ2v) is 4.69. The number of benzene rings is 1. The lowest BCUT2D eigenvalue weighted by atomic mass is 10.2. The molecule has 0 radical (unpaired) electrons. The third-order valence-electron chi connectivity index (χ3n) is 3.10. The minimum Gasteiger partial charge on any atom is -0.391 e. The lowest BCUT2D eigenvalue weighted by Crippen LogP contribution is -2.40. The van der Waals surface area contributed by atoms with E-state index in [2.05, 4.69) is 10.3 Å². The molecule has 1 aliphatic rings. The first-order valence-electron chi connectivity index (χ1n) is 6.65. The number of likely N-dealkylation sites (tertiary alicyclic amines) is 1. The van der Waals surface area contributed by atoms with Crippen LogP contribution in [0.1, 0.15) is 18.9 Å². The summed E-state index contributed by atoms with van der Waals surface area (Å²) >= 11 is 0. The van der Waals surface area contributed by atoms with Crippen LogP contribution in [0, 0.1) is 5.82 Å². The average molecular weight is 265 g/mol. The number of aliphatic hydroxyl groups excluding tert-OH is 1. The zero-order chi connectivity index (χ0) is 13.7.